The average Bonchev–Trinajstić information content (AvgIpc) is 3.33. The van der Waals surface area contributed by atoms with E-state index in [0.717, 1.165) is 22.4 Å². The van der Waals surface area contributed by atoms with E-state index >= 15 is 0 Å². The highest BCUT2D eigenvalue weighted by molar-refractivity contribution is 7.99. The molecule has 0 radical (unpaired) electrons. The second-order valence-electron chi connectivity index (χ2n) is 7.30. The third-order valence-electron chi connectivity index (χ3n) is 5.16. The lowest BCUT2D eigenvalue weighted by Gasteiger charge is -2.32. The van der Waals surface area contributed by atoms with Gasteiger partial charge in [-0.25, -0.2) is 0 Å². The molecule has 0 unspecified atom stereocenters. The number of carbonyl (C=O) groups excluding carboxylic acids is 1. The summed E-state index contributed by atoms with van der Waals surface area (Å²) in [5.74, 6) is 1.17. The monoisotopic (exact) mass is 445 g/mol. The molecule has 0 atom stereocenters. The van der Waals surface area contributed by atoms with Crippen molar-refractivity contribution in [2.75, 3.05) is 12.9 Å². The van der Waals surface area contributed by atoms with Gasteiger partial charge in [0.15, 0.2) is 0 Å². The lowest BCUT2D eigenvalue weighted by atomic mass is 9.84. The van der Waals surface area contributed by atoms with Crippen molar-refractivity contribution in [1.82, 2.24) is 15.5 Å². The van der Waals surface area contributed by atoms with E-state index < -0.39 is 5.54 Å². The van der Waals surface area contributed by atoms with Crippen LogP contribution in [0.3, 0.4) is 0 Å². The molecule has 1 heterocycles. The highest BCUT2D eigenvalue weighted by Crippen LogP contribution is 2.30. The molecule has 4 rings (SSSR count). The molecule has 0 aliphatic rings. The molecule has 1 amide bonds. The molecule has 4 aromatic rings. The second kappa shape index (κ2) is 9.70. The van der Waals surface area contributed by atoms with E-state index in [-0.39, 0.29) is 11.7 Å². The van der Waals surface area contributed by atoms with Crippen LogP contribution in [0.25, 0.3) is 11.5 Å². The maximum absolute atomic E-state index is 12.9. The number of thioether (sulfide) groups is 1. The molecule has 6 nitrogen and oxygen atoms in total. The number of hydrogen-bond donors (Lipinski definition) is 1. The SMILES string of the molecule is COc1ccc(-c2nnc(SCC(=O)NC(C)(c3ccccc3)c3ccccc3)o2)cc1. The van der Waals surface area contributed by atoms with E-state index in [1.165, 1.54) is 11.8 Å². The van der Waals surface area contributed by atoms with Gasteiger partial charge in [-0.1, -0.05) is 72.4 Å². The van der Waals surface area contributed by atoms with Crippen LogP contribution in [0.15, 0.2) is 94.6 Å². The number of nitrogens with one attached hydrogen (secondary N) is 1. The van der Waals surface area contributed by atoms with Gasteiger partial charge < -0.3 is 14.5 Å². The normalized spacial score (nSPS) is 11.2. The van der Waals surface area contributed by atoms with Crippen LogP contribution < -0.4 is 10.1 Å². The number of aromatic nitrogens is 2. The van der Waals surface area contributed by atoms with Crippen LogP contribution in [0.4, 0.5) is 0 Å². The highest BCUT2D eigenvalue weighted by Gasteiger charge is 2.30. The Hall–Kier alpha value is -3.58. The summed E-state index contributed by atoms with van der Waals surface area (Å²) >= 11 is 1.21. The van der Waals surface area contributed by atoms with Crippen LogP contribution in [-0.4, -0.2) is 29.0 Å². The van der Waals surface area contributed by atoms with Gasteiger partial charge >= 0.3 is 0 Å². The molecular formula is C25H23N3O3S. The highest BCUT2D eigenvalue weighted by atomic mass is 32.2. The van der Waals surface area contributed by atoms with Gasteiger partial charge in [0.05, 0.1) is 18.4 Å². The lowest BCUT2D eigenvalue weighted by Crippen LogP contribution is -2.45. The summed E-state index contributed by atoms with van der Waals surface area (Å²) in [6, 6.07) is 27.2. The van der Waals surface area contributed by atoms with Gasteiger partial charge in [-0.2, -0.15) is 0 Å². The van der Waals surface area contributed by atoms with Crippen LogP contribution in [0.1, 0.15) is 18.1 Å². The zero-order chi connectivity index (χ0) is 22.4. The van der Waals surface area contributed by atoms with Crippen molar-refractivity contribution in [3.63, 3.8) is 0 Å². The minimum absolute atomic E-state index is 0.130. The summed E-state index contributed by atoms with van der Waals surface area (Å²) in [7, 11) is 1.61. The summed E-state index contributed by atoms with van der Waals surface area (Å²) < 4.78 is 10.9. The molecule has 1 aromatic heterocycles. The van der Waals surface area contributed by atoms with E-state index in [2.05, 4.69) is 15.5 Å². The Balaban J connectivity index is 1.45. The minimum Gasteiger partial charge on any atom is -0.497 e. The Labute approximate surface area is 191 Å². The zero-order valence-corrected chi connectivity index (χ0v) is 18.6. The van der Waals surface area contributed by atoms with Gasteiger partial charge in [0, 0.05) is 5.56 Å². The van der Waals surface area contributed by atoms with E-state index in [4.69, 9.17) is 9.15 Å². The molecule has 0 saturated heterocycles. The molecule has 3 aromatic carbocycles. The number of hydrogen-bond acceptors (Lipinski definition) is 6. The zero-order valence-electron chi connectivity index (χ0n) is 17.8. The quantitative estimate of drug-likeness (QED) is 0.388. The summed E-state index contributed by atoms with van der Waals surface area (Å²) in [6.45, 7) is 2.01. The van der Waals surface area contributed by atoms with E-state index in [0.29, 0.717) is 11.1 Å². The van der Waals surface area contributed by atoms with Crippen molar-refractivity contribution in [2.45, 2.75) is 17.7 Å². The van der Waals surface area contributed by atoms with Crippen LogP contribution >= 0.6 is 11.8 Å². The third-order valence-corrected chi connectivity index (χ3v) is 5.98. The maximum Gasteiger partial charge on any atom is 0.277 e. The van der Waals surface area contributed by atoms with Crippen molar-refractivity contribution in [1.29, 1.82) is 0 Å². The molecule has 0 aliphatic carbocycles. The number of benzene rings is 3. The first kappa shape index (κ1) is 21.6. The summed E-state index contributed by atoms with van der Waals surface area (Å²) in [5, 5.41) is 11.7. The van der Waals surface area contributed by atoms with Gasteiger partial charge in [0.2, 0.25) is 11.8 Å². The van der Waals surface area contributed by atoms with Gasteiger partial charge in [-0.3, -0.25) is 4.79 Å². The van der Waals surface area contributed by atoms with Crippen LogP contribution in [-0.2, 0) is 10.3 Å². The first-order chi connectivity index (χ1) is 15.6. The molecule has 7 heteroatoms. The first-order valence-corrected chi connectivity index (χ1v) is 11.1. The first-order valence-electron chi connectivity index (χ1n) is 10.1. The van der Waals surface area contributed by atoms with E-state index in [1.54, 1.807) is 7.11 Å². The number of ether oxygens (including phenoxy) is 1. The van der Waals surface area contributed by atoms with Crippen LogP contribution in [0.2, 0.25) is 0 Å². The predicted octanol–water partition coefficient (Wildman–Crippen LogP) is 4.92. The lowest BCUT2D eigenvalue weighted by molar-refractivity contribution is -0.120. The molecule has 0 fully saturated rings. The van der Waals surface area contributed by atoms with Crippen LogP contribution in [0.5, 0.6) is 5.75 Å². The number of nitrogens with zero attached hydrogens (tertiary/aromatic N) is 2. The van der Waals surface area contributed by atoms with Gasteiger partial charge in [-0.05, 0) is 42.3 Å². The van der Waals surface area contributed by atoms with Gasteiger partial charge in [0.25, 0.3) is 5.22 Å². The summed E-state index contributed by atoms with van der Waals surface area (Å²) in [6.07, 6.45) is 0. The van der Waals surface area contributed by atoms with Crippen molar-refractivity contribution in [3.8, 4) is 17.2 Å². The number of amides is 1. The summed E-state index contributed by atoms with van der Waals surface area (Å²) in [4.78, 5) is 12.9. The van der Waals surface area contributed by atoms with Crippen LogP contribution in [0, 0.1) is 0 Å². The number of carbonyl (C=O) groups is 1. The largest absolute Gasteiger partial charge is 0.497 e. The molecule has 0 saturated carbocycles. The van der Waals surface area contributed by atoms with Crippen molar-refractivity contribution < 1.29 is 13.9 Å². The Kier molecular flexibility index (Phi) is 6.56. The van der Waals surface area contributed by atoms with Crippen molar-refractivity contribution in [2.24, 2.45) is 0 Å². The molecule has 162 valence electrons. The van der Waals surface area contributed by atoms with Crippen molar-refractivity contribution in [3.05, 3.63) is 96.1 Å². The fraction of sp³-hybridized carbons (Fsp3) is 0.160. The smallest absolute Gasteiger partial charge is 0.277 e. The Bertz CT molecular complexity index is 1120. The fourth-order valence-corrected chi connectivity index (χ4v) is 3.98. The standard InChI is InChI=1S/C25H23N3O3S/c1-25(19-9-5-3-6-10-19,20-11-7-4-8-12-20)26-22(29)17-32-24-28-27-23(31-24)18-13-15-21(30-2)16-14-18/h3-16H,17H2,1-2H3,(H,26,29). The Morgan fingerprint density at radius 1 is 0.938 bits per heavy atom. The average molecular weight is 446 g/mol. The maximum atomic E-state index is 12.9. The molecule has 0 spiro atoms. The second-order valence-corrected chi connectivity index (χ2v) is 8.22. The Morgan fingerprint density at radius 3 is 2.09 bits per heavy atom. The molecule has 1 N–H and O–H groups in total. The topological polar surface area (TPSA) is 77.2 Å². The molecular weight excluding hydrogens is 422 g/mol. The van der Waals surface area contributed by atoms with E-state index in [1.807, 2.05) is 91.9 Å². The number of methoxy groups -OCH3 is 1. The third kappa shape index (κ3) is 4.84. The minimum atomic E-state index is -0.663. The number of rotatable bonds is 8. The van der Waals surface area contributed by atoms with Gasteiger partial charge in [0.1, 0.15) is 5.75 Å². The Morgan fingerprint density at radius 2 is 1.53 bits per heavy atom. The summed E-state index contributed by atoms with van der Waals surface area (Å²) in [5.41, 5.74) is 2.13. The molecule has 32 heavy (non-hydrogen) atoms. The fourth-order valence-electron chi connectivity index (χ4n) is 3.41. The predicted molar refractivity (Wildman–Crippen MR) is 124 cm³/mol. The van der Waals surface area contributed by atoms with Gasteiger partial charge in [-0.15, -0.1) is 10.2 Å². The van der Waals surface area contributed by atoms with Crippen molar-refractivity contribution >= 4 is 17.7 Å². The molecule has 0 bridgehead atoms. The molecule has 0 aliphatic heterocycles. The van der Waals surface area contributed by atoms with E-state index in [9.17, 15) is 4.79 Å².